The van der Waals surface area contributed by atoms with E-state index in [9.17, 15) is 10.4 Å². The minimum atomic E-state index is -0.944. The van der Waals surface area contributed by atoms with Crippen molar-refractivity contribution in [3.05, 3.63) is 180 Å². The summed E-state index contributed by atoms with van der Waals surface area (Å²) in [5, 5.41) is 32.6. The molecule has 5 aromatic carbocycles. The zero-order chi connectivity index (χ0) is 29.2. The lowest BCUT2D eigenvalue weighted by atomic mass is 9.70. The van der Waals surface area contributed by atoms with Crippen molar-refractivity contribution in [1.82, 2.24) is 15.0 Å². The molecule has 0 fully saturated rings. The van der Waals surface area contributed by atoms with E-state index in [1.165, 1.54) is 0 Å². The van der Waals surface area contributed by atoms with Gasteiger partial charge in [-0.1, -0.05) is 140 Å². The standard InChI is InChI=1S/C37H28N4O2/c42-40(43)36-25-24-32(26-33(36)29-14-6-2-7-15-29)37(30-16-8-3-9-17-30,41-38-34-18-10-11-19-35(34)39-41)31-22-20-28(21-23-31)27-12-4-1-5-13-27/h1-26,32H,(H,42,43). The molecule has 1 N–H and O–H groups in total. The molecule has 0 saturated heterocycles. The molecule has 2 unspecified atom stereocenters. The van der Waals surface area contributed by atoms with E-state index >= 15 is 0 Å². The first-order valence-electron chi connectivity index (χ1n) is 14.2. The smallest absolute Gasteiger partial charge is 0.275 e. The third kappa shape index (κ3) is 4.59. The van der Waals surface area contributed by atoms with E-state index < -0.39 is 5.54 Å². The Balaban J connectivity index is 1.53. The van der Waals surface area contributed by atoms with Crippen LogP contribution in [0.5, 0.6) is 0 Å². The van der Waals surface area contributed by atoms with E-state index in [0.717, 1.165) is 38.9 Å². The zero-order valence-corrected chi connectivity index (χ0v) is 23.2. The Bertz CT molecular complexity index is 1940. The predicted octanol–water partition coefficient (Wildman–Crippen LogP) is 7.50. The molecule has 7 rings (SSSR count). The number of hydrogen-bond acceptors (Lipinski definition) is 4. The van der Waals surface area contributed by atoms with Gasteiger partial charge in [0.05, 0.1) is 5.57 Å². The van der Waals surface area contributed by atoms with Crippen LogP contribution < -0.4 is 0 Å². The highest BCUT2D eigenvalue weighted by molar-refractivity contribution is 6.27. The lowest BCUT2D eigenvalue weighted by molar-refractivity contribution is -0.724. The van der Waals surface area contributed by atoms with Gasteiger partial charge in [0.15, 0.2) is 0 Å². The molecule has 0 radical (unpaired) electrons. The molecular formula is C37H28N4O2. The number of benzene rings is 5. The normalized spacial score (nSPS) is 17.3. The van der Waals surface area contributed by atoms with Crippen LogP contribution in [0.15, 0.2) is 158 Å². The maximum Gasteiger partial charge on any atom is 0.275 e. The van der Waals surface area contributed by atoms with E-state index in [1.807, 2.05) is 108 Å². The minimum absolute atomic E-state index is 0.0646. The lowest BCUT2D eigenvalue weighted by Gasteiger charge is -2.39. The van der Waals surface area contributed by atoms with Gasteiger partial charge in [0, 0.05) is 16.9 Å². The van der Waals surface area contributed by atoms with Gasteiger partial charge < -0.3 is 5.21 Å². The van der Waals surface area contributed by atoms with E-state index in [4.69, 9.17) is 10.2 Å². The second-order valence-corrected chi connectivity index (χ2v) is 10.5. The number of hydrogen-bond donors (Lipinski definition) is 1. The fourth-order valence-corrected chi connectivity index (χ4v) is 6.07. The van der Waals surface area contributed by atoms with Gasteiger partial charge in [-0.2, -0.15) is 15.0 Å². The van der Waals surface area contributed by atoms with Crippen molar-refractivity contribution < 1.29 is 10.1 Å². The summed E-state index contributed by atoms with van der Waals surface area (Å²) in [7, 11) is 0. The minimum Gasteiger partial charge on any atom is -0.417 e. The zero-order valence-electron chi connectivity index (χ0n) is 23.2. The van der Waals surface area contributed by atoms with E-state index in [-0.39, 0.29) is 16.5 Å². The van der Waals surface area contributed by atoms with Crippen LogP contribution in [0.3, 0.4) is 0 Å². The Labute approximate surface area is 249 Å². The summed E-state index contributed by atoms with van der Waals surface area (Å²) >= 11 is 0. The maximum atomic E-state index is 12.4. The van der Waals surface area contributed by atoms with Crippen molar-refractivity contribution in [2.24, 2.45) is 5.92 Å². The molecule has 0 saturated carbocycles. The van der Waals surface area contributed by atoms with E-state index in [1.54, 1.807) is 6.08 Å². The second-order valence-electron chi connectivity index (χ2n) is 10.5. The molecule has 0 bridgehead atoms. The highest BCUT2D eigenvalue weighted by atomic mass is 16.8. The van der Waals surface area contributed by atoms with Crippen molar-refractivity contribution in [2.45, 2.75) is 5.54 Å². The fraction of sp³-hybridized carbons (Fsp3) is 0.0541. The number of aromatic nitrogens is 3. The van der Waals surface area contributed by atoms with Crippen LogP contribution >= 0.6 is 0 Å². The molecule has 43 heavy (non-hydrogen) atoms. The second kappa shape index (κ2) is 10.9. The Hall–Kier alpha value is -5.75. The first-order valence-corrected chi connectivity index (χ1v) is 14.2. The van der Waals surface area contributed by atoms with Crippen molar-refractivity contribution in [2.75, 3.05) is 0 Å². The molecule has 1 heterocycles. The number of rotatable bonds is 6. The van der Waals surface area contributed by atoms with Gasteiger partial charge in [0.2, 0.25) is 0 Å². The Morgan fingerprint density at radius 1 is 0.605 bits per heavy atom. The van der Waals surface area contributed by atoms with Gasteiger partial charge in [0.1, 0.15) is 16.6 Å². The van der Waals surface area contributed by atoms with Gasteiger partial charge in [-0.3, -0.25) is 5.21 Å². The van der Waals surface area contributed by atoms with Gasteiger partial charge in [-0.05, 0) is 39.9 Å². The van der Waals surface area contributed by atoms with Crippen LogP contribution in [0, 0.1) is 11.1 Å². The first kappa shape index (κ1) is 26.2. The monoisotopic (exact) mass is 560 g/mol. The van der Waals surface area contributed by atoms with Gasteiger partial charge in [-0.25, -0.2) is 0 Å². The first-order chi connectivity index (χ1) is 21.1. The fourth-order valence-electron chi connectivity index (χ4n) is 6.07. The largest absolute Gasteiger partial charge is 0.417 e. The van der Waals surface area contributed by atoms with Crippen LogP contribution in [-0.4, -0.2) is 30.8 Å². The lowest BCUT2D eigenvalue weighted by Crippen LogP contribution is -2.45. The summed E-state index contributed by atoms with van der Waals surface area (Å²) in [6.07, 6.45) is 5.69. The molecule has 2 atom stereocenters. The van der Waals surface area contributed by atoms with Crippen LogP contribution in [0.2, 0.25) is 0 Å². The molecule has 0 amide bonds. The van der Waals surface area contributed by atoms with Crippen LogP contribution in [0.4, 0.5) is 0 Å². The van der Waals surface area contributed by atoms with Crippen LogP contribution in [0.25, 0.3) is 27.7 Å². The summed E-state index contributed by atoms with van der Waals surface area (Å²) in [6.45, 7) is 0. The molecular weight excluding hydrogens is 532 g/mol. The SMILES string of the molecule is [O-]/[N+](O)=C1/C=CC(C(c2ccccc2)(c2ccc(-c3ccccc3)cc2)n2nc3ccccc3n2)C=C1c1ccccc1. The average molecular weight is 561 g/mol. The number of nitrogens with zero attached hydrogens (tertiary/aromatic N) is 4. The van der Waals surface area contributed by atoms with Gasteiger partial charge >= 0.3 is 0 Å². The molecule has 208 valence electrons. The Morgan fingerprint density at radius 3 is 1.67 bits per heavy atom. The topological polar surface area (TPSA) is 77.0 Å². The van der Waals surface area contributed by atoms with Crippen LogP contribution in [-0.2, 0) is 5.54 Å². The number of allylic oxidation sites excluding steroid dienone is 4. The molecule has 1 aromatic heterocycles. The molecule has 1 aliphatic rings. The third-order valence-corrected chi connectivity index (χ3v) is 8.11. The van der Waals surface area contributed by atoms with Gasteiger partial charge in [-0.15, -0.1) is 0 Å². The molecule has 6 nitrogen and oxygen atoms in total. The number of fused-ring (bicyclic) bond motifs is 1. The van der Waals surface area contributed by atoms with Crippen LogP contribution in [0.1, 0.15) is 16.7 Å². The summed E-state index contributed by atoms with van der Waals surface area (Å²) in [4.78, 5) is 1.75. The van der Waals surface area contributed by atoms with Crippen molar-refractivity contribution in [3.63, 3.8) is 0 Å². The Kier molecular flexibility index (Phi) is 6.64. The van der Waals surface area contributed by atoms with E-state index in [0.29, 0.717) is 5.57 Å². The van der Waals surface area contributed by atoms with Crippen molar-refractivity contribution >= 4 is 22.3 Å². The van der Waals surface area contributed by atoms with Crippen molar-refractivity contribution in [1.29, 1.82) is 0 Å². The van der Waals surface area contributed by atoms with Gasteiger partial charge in [0.25, 0.3) is 5.71 Å². The summed E-state index contributed by atoms with van der Waals surface area (Å²) < 4.78 is 0. The highest BCUT2D eigenvalue weighted by Gasteiger charge is 2.46. The molecule has 6 heteroatoms. The predicted molar refractivity (Wildman–Crippen MR) is 169 cm³/mol. The average Bonchev–Trinajstić information content (AvgIpc) is 3.51. The summed E-state index contributed by atoms with van der Waals surface area (Å²) in [5.74, 6) is -0.349. The molecule has 0 spiro atoms. The maximum absolute atomic E-state index is 12.4. The Morgan fingerprint density at radius 2 is 1.09 bits per heavy atom. The molecule has 0 aliphatic heterocycles. The molecule has 1 aliphatic carbocycles. The summed E-state index contributed by atoms with van der Waals surface area (Å²) in [6, 6.07) is 46.5. The third-order valence-electron chi connectivity index (χ3n) is 8.11. The quantitative estimate of drug-likeness (QED) is 0.130. The van der Waals surface area contributed by atoms with E-state index in [2.05, 4.69) is 48.5 Å². The highest BCUT2D eigenvalue weighted by Crippen LogP contribution is 2.45. The summed E-state index contributed by atoms with van der Waals surface area (Å²) in [5.41, 5.74) is 6.42. The van der Waals surface area contributed by atoms with Crippen molar-refractivity contribution in [3.8, 4) is 11.1 Å². The molecule has 6 aromatic rings.